The molecule has 2 aromatic carbocycles. The Morgan fingerprint density at radius 3 is 2.71 bits per heavy atom. The van der Waals surface area contributed by atoms with E-state index in [0.29, 0.717) is 11.7 Å². The summed E-state index contributed by atoms with van der Waals surface area (Å²) < 4.78 is 25.0. The third kappa shape index (κ3) is 4.09. The number of amides is 1. The quantitative estimate of drug-likeness (QED) is 0.470. The molecule has 1 atom stereocenters. The maximum absolute atomic E-state index is 13.4. The van der Waals surface area contributed by atoms with Crippen LogP contribution in [0.3, 0.4) is 0 Å². The molecule has 4 rings (SSSR count). The Morgan fingerprint density at radius 2 is 2.03 bits per heavy atom. The zero-order valence-electron chi connectivity index (χ0n) is 18.5. The molecule has 1 unspecified atom stereocenters. The zero-order valence-corrected chi connectivity index (χ0v) is 18.5. The number of carbonyl (C=O) groups excluding carboxylic acids is 1. The molecule has 162 valence electrons. The van der Waals surface area contributed by atoms with Crippen LogP contribution in [0.15, 0.2) is 47.1 Å². The molecule has 1 saturated heterocycles. The van der Waals surface area contributed by atoms with Crippen LogP contribution >= 0.6 is 0 Å². The van der Waals surface area contributed by atoms with E-state index in [2.05, 4.69) is 6.92 Å². The van der Waals surface area contributed by atoms with E-state index in [0.717, 1.165) is 58.3 Å². The predicted molar refractivity (Wildman–Crippen MR) is 122 cm³/mol. The molecule has 3 aromatic rings. The Morgan fingerprint density at radius 1 is 1.29 bits per heavy atom. The summed E-state index contributed by atoms with van der Waals surface area (Å²) in [7, 11) is 1.63. The number of benzene rings is 2. The van der Waals surface area contributed by atoms with Crippen molar-refractivity contribution >= 4 is 22.4 Å². The van der Waals surface area contributed by atoms with Crippen molar-refractivity contribution < 1.29 is 18.3 Å². The summed E-state index contributed by atoms with van der Waals surface area (Å²) in [5, 5.41) is 0.909. The number of aryl methyl sites for hydroxylation is 1. The second-order valence-electron chi connectivity index (χ2n) is 8.47. The summed E-state index contributed by atoms with van der Waals surface area (Å²) in [4.78, 5) is 14.8. The first-order valence-electron chi connectivity index (χ1n) is 10.7. The van der Waals surface area contributed by atoms with Gasteiger partial charge in [-0.3, -0.25) is 4.79 Å². The molecule has 0 saturated carbocycles. The molecular weight excluding hydrogens is 393 g/mol. The van der Waals surface area contributed by atoms with E-state index in [9.17, 15) is 9.18 Å². The number of furan rings is 1. The second-order valence-corrected chi connectivity index (χ2v) is 8.47. The van der Waals surface area contributed by atoms with Gasteiger partial charge in [0.2, 0.25) is 5.91 Å². The SMILES string of the molecule is COc1c(/C(C)=C/C(=O)N2CCCC(C)C2)cc2c(-c3ccc(F)cc3)coc2c1C. The van der Waals surface area contributed by atoms with Gasteiger partial charge in [-0.15, -0.1) is 0 Å². The van der Waals surface area contributed by atoms with Gasteiger partial charge >= 0.3 is 0 Å². The molecule has 1 aliphatic heterocycles. The number of allylic oxidation sites excluding steroid dienone is 1. The molecule has 31 heavy (non-hydrogen) atoms. The summed E-state index contributed by atoms with van der Waals surface area (Å²) in [6.07, 6.45) is 5.61. The van der Waals surface area contributed by atoms with Gasteiger partial charge in [-0.25, -0.2) is 4.39 Å². The van der Waals surface area contributed by atoms with Crippen molar-refractivity contribution in [2.24, 2.45) is 5.92 Å². The van der Waals surface area contributed by atoms with Crippen LogP contribution in [0.2, 0.25) is 0 Å². The van der Waals surface area contributed by atoms with Crippen LogP contribution < -0.4 is 4.74 Å². The molecule has 0 aliphatic carbocycles. The third-order valence-corrected chi connectivity index (χ3v) is 6.14. The number of methoxy groups -OCH3 is 1. The van der Waals surface area contributed by atoms with E-state index in [1.807, 2.05) is 24.8 Å². The number of halogens is 1. The Kier molecular flexibility index (Phi) is 5.86. The summed E-state index contributed by atoms with van der Waals surface area (Å²) in [6, 6.07) is 8.36. The Labute approximate surface area is 182 Å². The lowest BCUT2D eigenvalue weighted by Crippen LogP contribution is -2.38. The molecular formula is C26H28FNO3. The average Bonchev–Trinajstić information content (AvgIpc) is 3.18. The van der Waals surface area contributed by atoms with Gasteiger partial charge in [0.15, 0.2) is 0 Å². The molecule has 1 aliphatic rings. The standard InChI is InChI=1S/C26H28FNO3/c1-16-6-5-11-28(14-16)24(29)12-17(2)21-13-22-23(19-7-9-20(27)10-8-19)15-31-26(22)18(3)25(21)30-4/h7-10,12-13,15-16H,5-6,11,14H2,1-4H3/b17-12+. The molecule has 0 spiro atoms. The molecule has 4 nitrogen and oxygen atoms in total. The summed E-state index contributed by atoms with van der Waals surface area (Å²) in [6.45, 7) is 7.68. The van der Waals surface area contributed by atoms with Gasteiger partial charge in [-0.05, 0) is 61.9 Å². The van der Waals surface area contributed by atoms with E-state index < -0.39 is 0 Å². The number of piperidine rings is 1. The number of hydrogen-bond donors (Lipinski definition) is 0. The lowest BCUT2D eigenvalue weighted by atomic mass is 9.96. The highest BCUT2D eigenvalue weighted by Crippen LogP contribution is 2.40. The van der Waals surface area contributed by atoms with Crippen LogP contribution in [-0.2, 0) is 4.79 Å². The third-order valence-electron chi connectivity index (χ3n) is 6.14. The van der Waals surface area contributed by atoms with Crippen molar-refractivity contribution in [3.63, 3.8) is 0 Å². The van der Waals surface area contributed by atoms with Gasteiger partial charge in [0.1, 0.15) is 17.1 Å². The molecule has 0 bridgehead atoms. The van der Waals surface area contributed by atoms with E-state index >= 15 is 0 Å². The van der Waals surface area contributed by atoms with Crippen LogP contribution in [0, 0.1) is 18.7 Å². The normalized spacial score (nSPS) is 17.3. The fourth-order valence-corrected chi connectivity index (χ4v) is 4.47. The van der Waals surface area contributed by atoms with Crippen LogP contribution in [0.25, 0.3) is 27.7 Å². The smallest absolute Gasteiger partial charge is 0.246 e. The van der Waals surface area contributed by atoms with Crippen molar-refractivity contribution in [1.82, 2.24) is 4.90 Å². The van der Waals surface area contributed by atoms with E-state index in [-0.39, 0.29) is 11.7 Å². The van der Waals surface area contributed by atoms with Crippen molar-refractivity contribution in [2.75, 3.05) is 20.2 Å². The molecule has 2 heterocycles. The first-order valence-corrected chi connectivity index (χ1v) is 10.7. The minimum atomic E-state index is -0.278. The van der Waals surface area contributed by atoms with Crippen molar-refractivity contribution in [3.8, 4) is 16.9 Å². The monoisotopic (exact) mass is 421 g/mol. The maximum atomic E-state index is 13.4. The second kappa shape index (κ2) is 8.58. The van der Waals surface area contributed by atoms with Gasteiger partial charge in [0.05, 0.1) is 13.4 Å². The fourth-order valence-electron chi connectivity index (χ4n) is 4.47. The molecule has 0 radical (unpaired) electrons. The van der Waals surface area contributed by atoms with Gasteiger partial charge in [-0.1, -0.05) is 19.1 Å². The summed E-state index contributed by atoms with van der Waals surface area (Å²) >= 11 is 0. The van der Waals surface area contributed by atoms with Crippen LogP contribution in [0.5, 0.6) is 5.75 Å². The molecule has 1 fully saturated rings. The molecule has 1 aromatic heterocycles. The van der Waals surface area contributed by atoms with Gasteiger partial charge < -0.3 is 14.1 Å². The highest BCUT2D eigenvalue weighted by Gasteiger charge is 2.22. The van der Waals surface area contributed by atoms with Crippen LogP contribution in [0.1, 0.15) is 37.8 Å². The summed E-state index contributed by atoms with van der Waals surface area (Å²) in [5.74, 6) is 0.985. The highest BCUT2D eigenvalue weighted by molar-refractivity contribution is 6.01. The van der Waals surface area contributed by atoms with E-state index in [1.54, 1.807) is 31.6 Å². The summed E-state index contributed by atoms with van der Waals surface area (Å²) in [5.41, 5.74) is 5.05. The lowest BCUT2D eigenvalue weighted by molar-refractivity contribution is -0.127. The topological polar surface area (TPSA) is 42.7 Å². The first-order chi connectivity index (χ1) is 14.9. The van der Waals surface area contributed by atoms with Gasteiger partial charge in [0.25, 0.3) is 0 Å². The molecule has 0 N–H and O–H groups in total. The maximum Gasteiger partial charge on any atom is 0.246 e. The largest absolute Gasteiger partial charge is 0.496 e. The van der Waals surface area contributed by atoms with Crippen molar-refractivity contribution in [3.05, 3.63) is 59.6 Å². The molecule has 5 heteroatoms. The van der Waals surface area contributed by atoms with E-state index in [1.165, 1.54) is 18.6 Å². The van der Waals surface area contributed by atoms with Crippen molar-refractivity contribution in [1.29, 1.82) is 0 Å². The number of likely N-dealkylation sites (tertiary alicyclic amines) is 1. The number of hydrogen-bond acceptors (Lipinski definition) is 3. The fraction of sp³-hybridized carbons (Fsp3) is 0.346. The Hall–Kier alpha value is -3.08. The van der Waals surface area contributed by atoms with Gasteiger partial charge in [-0.2, -0.15) is 0 Å². The van der Waals surface area contributed by atoms with Crippen LogP contribution in [0.4, 0.5) is 4.39 Å². The number of rotatable bonds is 4. The number of nitrogens with zero attached hydrogens (tertiary/aromatic N) is 1. The highest BCUT2D eigenvalue weighted by atomic mass is 19.1. The first kappa shape index (κ1) is 21.2. The van der Waals surface area contributed by atoms with Crippen molar-refractivity contribution in [2.45, 2.75) is 33.6 Å². The minimum Gasteiger partial charge on any atom is -0.496 e. The Balaban J connectivity index is 1.78. The predicted octanol–water partition coefficient (Wildman–Crippen LogP) is 6.22. The molecule has 1 amide bonds. The zero-order chi connectivity index (χ0) is 22.1. The lowest BCUT2D eigenvalue weighted by Gasteiger charge is -2.30. The Bertz CT molecular complexity index is 1140. The minimum absolute atomic E-state index is 0.0369. The van der Waals surface area contributed by atoms with E-state index in [4.69, 9.17) is 9.15 Å². The number of carbonyl (C=O) groups is 1. The van der Waals surface area contributed by atoms with Crippen LogP contribution in [-0.4, -0.2) is 31.0 Å². The number of fused-ring (bicyclic) bond motifs is 1. The van der Waals surface area contributed by atoms with Gasteiger partial charge in [0, 0.05) is 41.2 Å². The number of ether oxygens (including phenoxy) is 1. The average molecular weight is 422 g/mol.